The van der Waals surface area contributed by atoms with Crippen molar-refractivity contribution in [2.75, 3.05) is 6.54 Å². The summed E-state index contributed by atoms with van der Waals surface area (Å²) in [5.41, 5.74) is 1.36. The van der Waals surface area contributed by atoms with Crippen molar-refractivity contribution >= 4 is 11.3 Å². The van der Waals surface area contributed by atoms with Gasteiger partial charge >= 0.3 is 0 Å². The molecule has 0 radical (unpaired) electrons. The second kappa shape index (κ2) is 5.78. The Bertz CT molecular complexity index is 301. The van der Waals surface area contributed by atoms with Gasteiger partial charge in [0, 0.05) is 17.5 Å². The molecular formula is C12H17NS. The summed E-state index contributed by atoms with van der Waals surface area (Å²) < 4.78 is 0. The van der Waals surface area contributed by atoms with Crippen LogP contribution in [0.4, 0.5) is 0 Å². The summed E-state index contributed by atoms with van der Waals surface area (Å²) in [6.45, 7) is 10.5. The van der Waals surface area contributed by atoms with E-state index < -0.39 is 0 Å². The minimum absolute atomic E-state index is 0.394. The molecular weight excluding hydrogens is 190 g/mol. The maximum absolute atomic E-state index is 3.79. The van der Waals surface area contributed by atoms with Crippen LogP contribution in [0.15, 0.2) is 36.8 Å². The highest BCUT2D eigenvalue weighted by Crippen LogP contribution is 2.26. The number of nitrogens with one attached hydrogen (secondary N) is 1. The third kappa shape index (κ3) is 2.82. The van der Waals surface area contributed by atoms with Gasteiger partial charge in [0.1, 0.15) is 0 Å². The second-order valence-corrected chi connectivity index (χ2v) is 4.19. The molecule has 1 N–H and O–H groups in total. The van der Waals surface area contributed by atoms with Crippen LogP contribution in [-0.2, 0) is 0 Å². The molecule has 0 bridgehead atoms. The topological polar surface area (TPSA) is 12.0 Å². The lowest BCUT2D eigenvalue weighted by Crippen LogP contribution is -2.20. The highest BCUT2D eigenvalue weighted by atomic mass is 32.1. The van der Waals surface area contributed by atoms with Crippen LogP contribution < -0.4 is 5.32 Å². The molecule has 0 saturated heterocycles. The predicted octanol–water partition coefficient (Wildman–Crippen LogP) is 3.45. The van der Waals surface area contributed by atoms with Crippen molar-refractivity contribution in [2.24, 2.45) is 0 Å². The van der Waals surface area contributed by atoms with E-state index in [1.807, 2.05) is 12.2 Å². The first-order chi connectivity index (χ1) is 6.79. The lowest BCUT2D eigenvalue weighted by Gasteiger charge is -2.15. The predicted molar refractivity (Wildman–Crippen MR) is 64.8 cm³/mol. The molecule has 2 heteroatoms. The van der Waals surface area contributed by atoms with Crippen LogP contribution in [0.3, 0.4) is 0 Å². The summed E-state index contributed by atoms with van der Waals surface area (Å²) >= 11 is 1.80. The molecule has 1 atom stereocenters. The van der Waals surface area contributed by atoms with Crippen LogP contribution in [0.2, 0.25) is 0 Å². The smallest absolute Gasteiger partial charge is 0.0454 e. The first-order valence-electron chi connectivity index (χ1n) is 4.78. The summed E-state index contributed by atoms with van der Waals surface area (Å²) in [6, 6.07) is 2.55. The molecule has 1 rings (SSSR count). The molecule has 0 aliphatic carbocycles. The summed E-state index contributed by atoms with van der Waals surface area (Å²) in [5.74, 6) is 0. The highest BCUT2D eigenvalue weighted by Gasteiger charge is 2.11. The lowest BCUT2D eigenvalue weighted by molar-refractivity contribution is 0.582. The quantitative estimate of drug-likeness (QED) is 0.704. The zero-order chi connectivity index (χ0) is 10.4. The number of hydrogen-bond acceptors (Lipinski definition) is 2. The Hall–Kier alpha value is -0.860. The number of hydrogen-bond donors (Lipinski definition) is 1. The van der Waals surface area contributed by atoms with Crippen molar-refractivity contribution in [1.29, 1.82) is 0 Å². The first-order valence-corrected chi connectivity index (χ1v) is 5.66. The summed E-state index contributed by atoms with van der Waals surface area (Å²) in [4.78, 5) is 1.41. The molecule has 14 heavy (non-hydrogen) atoms. The summed E-state index contributed by atoms with van der Waals surface area (Å²) in [5, 5.41) is 5.57. The monoisotopic (exact) mass is 207 g/mol. The van der Waals surface area contributed by atoms with Crippen molar-refractivity contribution < 1.29 is 0 Å². The first kappa shape index (κ1) is 11.2. The molecule has 0 aliphatic rings. The van der Waals surface area contributed by atoms with Gasteiger partial charge in [-0.1, -0.05) is 12.2 Å². The normalized spacial score (nSPS) is 12.4. The van der Waals surface area contributed by atoms with Crippen LogP contribution in [-0.4, -0.2) is 6.54 Å². The van der Waals surface area contributed by atoms with E-state index in [0.717, 1.165) is 13.0 Å². The number of thiophene rings is 1. The van der Waals surface area contributed by atoms with E-state index in [1.54, 1.807) is 11.3 Å². The van der Waals surface area contributed by atoms with Gasteiger partial charge in [-0.25, -0.2) is 0 Å². The van der Waals surface area contributed by atoms with Crippen LogP contribution >= 0.6 is 11.3 Å². The van der Waals surface area contributed by atoms with Gasteiger partial charge in [0.05, 0.1) is 0 Å². The largest absolute Gasteiger partial charge is 0.305 e. The van der Waals surface area contributed by atoms with Crippen LogP contribution in [0.5, 0.6) is 0 Å². The van der Waals surface area contributed by atoms with Gasteiger partial charge < -0.3 is 5.32 Å². The van der Waals surface area contributed by atoms with Crippen molar-refractivity contribution in [3.8, 4) is 0 Å². The third-order valence-electron chi connectivity index (χ3n) is 2.13. The van der Waals surface area contributed by atoms with Crippen molar-refractivity contribution in [2.45, 2.75) is 19.4 Å². The van der Waals surface area contributed by atoms with E-state index in [9.17, 15) is 0 Å². The Balaban J connectivity index is 2.71. The molecule has 1 aromatic heterocycles. The fraction of sp³-hybridized carbons (Fsp3) is 0.333. The van der Waals surface area contributed by atoms with Crippen LogP contribution in [0.1, 0.15) is 22.9 Å². The standard InChI is InChI=1S/C12H17NS/c1-4-6-11(13-8-5-2)12-10(3)7-9-14-12/h4-5,7,9,11,13H,1-2,6,8H2,3H3. The Morgan fingerprint density at radius 3 is 2.79 bits per heavy atom. The van der Waals surface area contributed by atoms with Gasteiger partial charge in [0.25, 0.3) is 0 Å². The minimum atomic E-state index is 0.394. The molecule has 0 amide bonds. The summed E-state index contributed by atoms with van der Waals surface area (Å²) in [6.07, 6.45) is 4.81. The van der Waals surface area contributed by atoms with Gasteiger partial charge in [0.15, 0.2) is 0 Å². The van der Waals surface area contributed by atoms with E-state index in [0.29, 0.717) is 6.04 Å². The van der Waals surface area contributed by atoms with Gasteiger partial charge in [-0.2, -0.15) is 0 Å². The molecule has 0 fully saturated rings. The zero-order valence-electron chi connectivity index (χ0n) is 8.62. The summed E-state index contributed by atoms with van der Waals surface area (Å²) in [7, 11) is 0. The van der Waals surface area contributed by atoms with Crippen molar-refractivity contribution in [1.82, 2.24) is 5.32 Å². The molecule has 1 heterocycles. The fourth-order valence-corrected chi connectivity index (χ4v) is 2.43. The van der Waals surface area contributed by atoms with Gasteiger partial charge in [-0.15, -0.1) is 24.5 Å². The Morgan fingerprint density at radius 1 is 1.50 bits per heavy atom. The lowest BCUT2D eigenvalue weighted by atomic mass is 10.1. The average Bonchev–Trinajstić information content (AvgIpc) is 2.59. The van der Waals surface area contributed by atoms with Crippen LogP contribution in [0, 0.1) is 6.92 Å². The van der Waals surface area contributed by atoms with E-state index in [1.165, 1.54) is 10.4 Å². The maximum Gasteiger partial charge on any atom is 0.0454 e. The van der Waals surface area contributed by atoms with Gasteiger partial charge in [0.2, 0.25) is 0 Å². The molecule has 1 nitrogen and oxygen atoms in total. The molecule has 0 aromatic carbocycles. The molecule has 76 valence electrons. The maximum atomic E-state index is 3.79. The molecule has 0 saturated carbocycles. The van der Waals surface area contributed by atoms with Gasteiger partial charge in [-0.05, 0) is 30.4 Å². The van der Waals surface area contributed by atoms with E-state index >= 15 is 0 Å². The van der Waals surface area contributed by atoms with Crippen molar-refractivity contribution in [3.05, 3.63) is 47.2 Å². The number of aryl methyl sites for hydroxylation is 1. The van der Waals surface area contributed by atoms with Crippen molar-refractivity contribution in [3.63, 3.8) is 0 Å². The molecule has 1 unspecified atom stereocenters. The van der Waals surface area contributed by atoms with Crippen LogP contribution in [0.25, 0.3) is 0 Å². The highest BCUT2D eigenvalue weighted by molar-refractivity contribution is 7.10. The molecule has 0 spiro atoms. The Labute approximate surface area is 90.2 Å². The van der Waals surface area contributed by atoms with E-state index in [-0.39, 0.29) is 0 Å². The van der Waals surface area contributed by atoms with E-state index in [4.69, 9.17) is 0 Å². The molecule has 1 aromatic rings. The third-order valence-corrected chi connectivity index (χ3v) is 3.26. The van der Waals surface area contributed by atoms with E-state index in [2.05, 4.69) is 36.8 Å². The second-order valence-electron chi connectivity index (χ2n) is 3.24. The average molecular weight is 207 g/mol. The zero-order valence-corrected chi connectivity index (χ0v) is 9.44. The Kier molecular flexibility index (Phi) is 4.63. The fourth-order valence-electron chi connectivity index (χ4n) is 1.42. The Morgan fingerprint density at radius 2 is 2.29 bits per heavy atom. The SMILES string of the molecule is C=CCNC(CC=C)c1sccc1C. The minimum Gasteiger partial charge on any atom is -0.305 e. The van der Waals surface area contributed by atoms with Gasteiger partial charge in [-0.3, -0.25) is 0 Å². The molecule has 0 aliphatic heterocycles. The number of rotatable bonds is 6.